The summed E-state index contributed by atoms with van der Waals surface area (Å²) in [6.07, 6.45) is 4.67. The number of hydrogen-bond donors (Lipinski definition) is 1. The van der Waals surface area contributed by atoms with Gasteiger partial charge in [-0.25, -0.2) is 9.80 Å². The molecule has 0 bridgehead atoms. The molecule has 6 nitrogen and oxygen atoms in total. The molecule has 1 spiro atoms. The van der Waals surface area contributed by atoms with Crippen molar-refractivity contribution in [1.29, 1.82) is 0 Å². The number of piperidine rings is 1. The quantitative estimate of drug-likeness (QED) is 0.304. The molecule has 0 aromatic heterocycles. The van der Waals surface area contributed by atoms with Crippen molar-refractivity contribution in [1.82, 2.24) is 5.01 Å². The Kier molecular flexibility index (Phi) is 5.01. The second-order valence-electron chi connectivity index (χ2n) is 10.8. The molecule has 4 heterocycles. The van der Waals surface area contributed by atoms with E-state index in [4.69, 9.17) is 9.47 Å². The van der Waals surface area contributed by atoms with Crippen molar-refractivity contribution < 1.29 is 14.3 Å². The molecule has 0 radical (unpaired) electrons. The van der Waals surface area contributed by atoms with Crippen LogP contribution in [0.4, 0.5) is 17.1 Å². The Hall–Kier alpha value is -4.29. The number of hydrogen-bond acceptors (Lipinski definition) is 6. The van der Waals surface area contributed by atoms with Gasteiger partial charge < -0.3 is 19.8 Å². The van der Waals surface area contributed by atoms with Crippen LogP contribution in [0.5, 0.6) is 11.5 Å². The van der Waals surface area contributed by atoms with Crippen molar-refractivity contribution in [2.45, 2.75) is 31.3 Å². The van der Waals surface area contributed by atoms with E-state index in [0.29, 0.717) is 17.1 Å². The van der Waals surface area contributed by atoms with Gasteiger partial charge in [-0.1, -0.05) is 42.8 Å². The van der Waals surface area contributed by atoms with E-state index in [1.54, 1.807) is 0 Å². The maximum Gasteiger partial charge on any atom is 0.340 e. The van der Waals surface area contributed by atoms with Gasteiger partial charge in [-0.15, -0.1) is 0 Å². The SMILES string of the molecule is O=C1OC2(c3ccc(NN4CCCCC4)cc3Oc3ccc(N4CCc5ccccc54)cc32)c2ccccc21. The summed E-state index contributed by atoms with van der Waals surface area (Å²) < 4.78 is 13.0. The largest absolute Gasteiger partial charge is 0.456 e. The summed E-state index contributed by atoms with van der Waals surface area (Å²) >= 11 is 0. The molecule has 1 saturated heterocycles. The van der Waals surface area contributed by atoms with E-state index >= 15 is 0 Å². The number of carbonyl (C=O) groups excluding carboxylic acids is 1. The van der Waals surface area contributed by atoms with E-state index < -0.39 is 5.60 Å². The van der Waals surface area contributed by atoms with E-state index in [0.717, 1.165) is 54.1 Å². The second kappa shape index (κ2) is 8.61. The van der Waals surface area contributed by atoms with Crippen LogP contribution in [0.1, 0.15) is 51.9 Å². The molecule has 0 saturated carbocycles. The topological polar surface area (TPSA) is 54.0 Å². The zero-order valence-corrected chi connectivity index (χ0v) is 21.7. The van der Waals surface area contributed by atoms with Gasteiger partial charge in [-0.2, -0.15) is 0 Å². The number of hydrazine groups is 1. The highest BCUT2D eigenvalue weighted by Crippen LogP contribution is 2.57. The Morgan fingerprint density at radius 2 is 1.59 bits per heavy atom. The third-order valence-electron chi connectivity index (χ3n) is 8.54. The van der Waals surface area contributed by atoms with Gasteiger partial charge in [-0.05, 0) is 67.3 Å². The van der Waals surface area contributed by atoms with Gasteiger partial charge in [0.15, 0.2) is 5.60 Å². The lowest BCUT2D eigenvalue weighted by Gasteiger charge is -2.37. The van der Waals surface area contributed by atoms with Crippen LogP contribution in [0.3, 0.4) is 0 Å². The van der Waals surface area contributed by atoms with E-state index in [9.17, 15) is 4.79 Å². The zero-order valence-electron chi connectivity index (χ0n) is 21.7. The minimum atomic E-state index is -1.07. The first-order valence-corrected chi connectivity index (χ1v) is 13.9. The number of ether oxygens (including phenoxy) is 2. The number of nitrogens with one attached hydrogen (secondary N) is 1. The fraction of sp³-hybridized carbons (Fsp3) is 0.242. The molecule has 39 heavy (non-hydrogen) atoms. The monoisotopic (exact) mass is 515 g/mol. The molecule has 0 amide bonds. The van der Waals surface area contributed by atoms with Crippen LogP contribution in [0, 0.1) is 0 Å². The van der Waals surface area contributed by atoms with Gasteiger partial charge in [0, 0.05) is 53.8 Å². The smallest absolute Gasteiger partial charge is 0.340 e. The number of anilines is 3. The van der Waals surface area contributed by atoms with Crippen LogP contribution in [0.25, 0.3) is 0 Å². The summed E-state index contributed by atoms with van der Waals surface area (Å²) in [4.78, 5) is 15.6. The minimum absolute atomic E-state index is 0.308. The highest BCUT2D eigenvalue weighted by Gasteiger charge is 2.53. The summed E-state index contributed by atoms with van der Waals surface area (Å²) in [6, 6.07) is 28.7. The van der Waals surface area contributed by atoms with Gasteiger partial charge in [-0.3, -0.25) is 0 Å². The maximum absolute atomic E-state index is 13.3. The Bertz CT molecular complexity index is 1630. The van der Waals surface area contributed by atoms with E-state index in [-0.39, 0.29) is 5.97 Å². The number of para-hydroxylation sites is 1. The average molecular weight is 516 g/mol. The second-order valence-corrected chi connectivity index (χ2v) is 10.8. The molecule has 4 aliphatic rings. The fourth-order valence-electron chi connectivity index (χ4n) is 6.69. The molecule has 8 rings (SSSR count). The molecular formula is C33H29N3O3. The molecule has 4 aromatic rings. The molecule has 4 aliphatic heterocycles. The lowest BCUT2D eigenvalue weighted by atomic mass is 9.77. The normalized spacial score (nSPS) is 21.0. The maximum atomic E-state index is 13.3. The number of fused-ring (bicyclic) bond motifs is 7. The van der Waals surface area contributed by atoms with E-state index in [1.807, 2.05) is 36.4 Å². The Labute approximate surface area is 227 Å². The summed E-state index contributed by atoms with van der Waals surface area (Å²) in [5, 5.41) is 2.27. The first kappa shape index (κ1) is 22.7. The highest BCUT2D eigenvalue weighted by molar-refractivity contribution is 5.97. The minimum Gasteiger partial charge on any atom is -0.456 e. The lowest BCUT2D eigenvalue weighted by molar-refractivity contribution is 0.0224. The number of rotatable bonds is 3. The standard InChI is InChI=1S/C33H29N3O3/c37-32-25-9-3-4-10-26(25)33(39-32)27-14-12-23(34-35-17-6-1-7-18-35)20-31(27)38-30-15-13-24(21-28(30)33)36-19-16-22-8-2-5-11-29(22)36/h2-5,8-15,20-21,34H,1,6-7,16-19H2. The van der Waals surface area contributed by atoms with Crippen LogP contribution in [0.15, 0.2) is 84.9 Å². The van der Waals surface area contributed by atoms with Crippen molar-refractivity contribution in [3.05, 3.63) is 113 Å². The van der Waals surface area contributed by atoms with E-state index in [2.05, 4.69) is 63.9 Å². The Morgan fingerprint density at radius 1 is 0.744 bits per heavy atom. The molecule has 1 N–H and O–H groups in total. The molecule has 6 heteroatoms. The van der Waals surface area contributed by atoms with Crippen LogP contribution in [0.2, 0.25) is 0 Å². The molecule has 1 unspecified atom stereocenters. The predicted octanol–water partition coefficient (Wildman–Crippen LogP) is 6.76. The van der Waals surface area contributed by atoms with Crippen LogP contribution in [-0.2, 0) is 16.8 Å². The third kappa shape index (κ3) is 3.41. The van der Waals surface area contributed by atoms with Gasteiger partial charge in [0.25, 0.3) is 0 Å². The van der Waals surface area contributed by atoms with Crippen molar-refractivity contribution in [3.63, 3.8) is 0 Å². The van der Waals surface area contributed by atoms with Crippen LogP contribution in [-0.4, -0.2) is 30.6 Å². The van der Waals surface area contributed by atoms with Gasteiger partial charge >= 0.3 is 5.97 Å². The molecule has 194 valence electrons. The Morgan fingerprint density at radius 3 is 2.51 bits per heavy atom. The summed E-state index contributed by atoms with van der Waals surface area (Å²) in [5.74, 6) is 1.10. The number of benzene rings is 4. The first-order chi connectivity index (χ1) is 19.2. The molecule has 0 aliphatic carbocycles. The highest BCUT2D eigenvalue weighted by atomic mass is 16.6. The Balaban J connectivity index is 1.27. The van der Waals surface area contributed by atoms with Gasteiger partial charge in [0.05, 0.1) is 11.3 Å². The third-order valence-corrected chi connectivity index (χ3v) is 8.54. The lowest BCUT2D eigenvalue weighted by Crippen LogP contribution is -2.35. The predicted molar refractivity (Wildman–Crippen MR) is 151 cm³/mol. The zero-order chi connectivity index (χ0) is 26.0. The molecule has 1 atom stereocenters. The summed E-state index contributed by atoms with van der Waals surface area (Å²) in [5.41, 5.74) is 10.2. The van der Waals surface area contributed by atoms with E-state index in [1.165, 1.54) is 30.5 Å². The molecular weight excluding hydrogens is 486 g/mol. The number of carbonyl (C=O) groups is 1. The first-order valence-electron chi connectivity index (χ1n) is 13.9. The average Bonchev–Trinajstić information content (AvgIpc) is 3.54. The van der Waals surface area contributed by atoms with Crippen molar-refractivity contribution in [3.8, 4) is 11.5 Å². The van der Waals surface area contributed by atoms with Crippen molar-refractivity contribution in [2.24, 2.45) is 0 Å². The molecule has 4 aromatic carbocycles. The van der Waals surface area contributed by atoms with Crippen molar-refractivity contribution >= 4 is 23.0 Å². The van der Waals surface area contributed by atoms with Gasteiger partial charge in [0.1, 0.15) is 11.5 Å². The number of nitrogens with zero attached hydrogens (tertiary/aromatic N) is 2. The van der Waals surface area contributed by atoms with Gasteiger partial charge in [0.2, 0.25) is 0 Å². The number of esters is 1. The molecule has 1 fully saturated rings. The van der Waals surface area contributed by atoms with Crippen LogP contribution >= 0.6 is 0 Å². The summed E-state index contributed by atoms with van der Waals surface area (Å²) in [7, 11) is 0. The fourth-order valence-corrected chi connectivity index (χ4v) is 6.69. The summed E-state index contributed by atoms with van der Waals surface area (Å²) in [6.45, 7) is 2.96. The van der Waals surface area contributed by atoms with Crippen molar-refractivity contribution in [2.75, 3.05) is 30.0 Å². The van der Waals surface area contributed by atoms with Crippen LogP contribution < -0.4 is 15.1 Å².